The van der Waals surface area contributed by atoms with Gasteiger partial charge in [-0.2, -0.15) is 0 Å². The Bertz CT molecular complexity index is 513. The molecule has 3 N–H and O–H groups in total. The molecule has 4 heteroatoms. The van der Waals surface area contributed by atoms with Gasteiger partial charge in [0.05, 0.1) is 6.61 Å². The molecule has 0 amide bonds. The largest absolute Gasteiger partial charge is 0.395 e. The fourth-order valence-electron chi connectivity index (χ4n) is 2.09. The Morgan fingerprint density at radius 2 is 1.37 bits per heavy atom. The van der Waals surface area contributed by atoms with Gasteiger partial charge in [0.1, 0.15) is 7.14 Å². The normalized spacial score (nSPS) is 13.2. The van der Waals surface area contributed by atoms with Crippen LogP contribution in [-0.4, -0.2) is 23.9 Å². The first-order valence-corrected chi connectivity index (χ1v) is 8.13. The number of hydrogen-bond acceptors (Lipinski definition) is 3. The van der Waals surface area contributed by atoms with Crippen LogP contribution in [0.15, 0.2) is 60.7 Å². The van der Waals surface area contributed by atoms with Crippen molar-refractivity contribution < 1.29 is 9.67 Å². The highest BCUT2D eigenvalue weighted by Gasteiger charge is 2.29. The van der Waals surface area contributed by atoms with Crippen LogP contribution in [0, 0.1) is 0 Å². The molecule has 0 bridgehead atoms. The predicted molar refractivity (Wildman–Crippen MR) is 79.7 cm³/mol. The van der Waals surface area contributed by atoms with Crippen LogP contribution in [0.2, 0.25) is 0 Å². The molecule has 19 heavy (non-hydrogen) atoms. The van der Waals surface area contributed by atoms with E-state index in [1.54, 1.807) is 0 Å². The van der Waals surface area contributed by atoms with Crippen molar-refractivity contribution >= 4 is 17.8 Å². The molecule has 1 atom stereocenters. The second kappa shape index (κ2) is 6.16. The fraction of sp³-hybridized carbons (Fsp3) is 0.200. The smallest absolute Gasteiger partial charge is 0.144 e. The van der Waals surface area contributed by atoms with E-state index in [4.69, 9.17) is 10.8 Å². The van der Waals surface area contributed by atoms with Crippen molar-refractivity contribution in [1.82, 2.24) is 0 Å². The van der Waals surface area contributed by atoms with E-state index >= 15 is 0 Å². The summed E-state index contributed by atoms with van der Waals surface area (Å²) in [6.45, 7) is -0.163. The molecule has 0 aromatic heterocycles. The van der Waals surface area contributed by atoms with Gasteiger partial charge in [-0.1, -0.05) is 60.7 Å². The first-order chi connectivity index (χ1) is 9.16. The van der Waals surface area contributed by atoms with Gasteiger partial charge in [-0.15, -0.1) is 0 Å². The first-order valence-electron chi connectivity index (χ1n) is 6.23. The van der Waals surface area contributed by atoms with E-state index in [1.165, 1.54) is 0 Å². The number of aliphatic hydroxyl groups excluding tert-OH is 1. The Balaban J connectivity index is 2.48. The standard InChI is InChI=1S/C15H18NO2P/c16-13(11-17)12-19(18,14-7-3-1-4-8-14)15-9-5-2-6-10-15/h1-10,13,17H,11-12,16H2/t13-/m0/s1. The Hall–Kier alpha value is -1.41. The Kier molecular flexibility index (Phi) is 4.54. The van der Waals surface area contributed by atoms with Crippen LogP contribution in [0.3, 0.4) is 0 Å². The van der Waals surface area contributed by atoms with Gasteiger partial charge in [-0.25, -0.2) is 0 Å². The molecule has 0 aliphatic heterocycles. The zero-order chi connectivity index (χ0) is 13.7. The molecule has 0 radical (unpaired) electrons. The van der Waals surface area contributed by atoms with Crippen molar-refractivity contribution in [2.24, 2.45) is 5.73 Å². The molecule has 0 spiro atoms. The van der Waals surface area contributed by atoms with Crippen LogP contribution >= 0.6 is 7.14 Å². The Morgan fingerprint density at radius 3 is 1.74 bits per heavy atom. The van der Waals surface area contributed by atoms with Crippen molar-refractivity contribution in [1.29, 1.82) is 0 Å². The van der Waals surface area contributed by atoms with E-state index in [0.29, 0.717) is 0 Å². The monoisotopic (exact) mass is 275 g/mol. The molecule has 0 fully saturated rings. The molecular formula is C15H18NO2P. The SMILES string of the molecule is N[C@@H](CO)CP(=O)(c1ccccc1)c1ccccc1. The quantitative estimate of drug-likeness (QED) is 0.809. The molecule has 0 aliphatic rings. The molecule has 2 aromatic rings. The minimum Gasteiger partial charge on any atom is -0.395 e. The van der Waals surface area contributed by atoms with E-state index in [9.17, 15) is 4.57 Å². The molecule has 0 unspecified atom stereocenters. The average molecular weight is 275 g/mol. The second-order valence-corrected chi connectivity index (χ2v) is 7.41. The van der Waals surface area contributed by atoms with Crippen LogP contribution in [0.5, 0.6) is 0 Å². The summed E-state index contributed by atoms with van der Waals surface area (Å²) >= 11 is 0. The lowest BCUT2D eigenvalue weighted by Crippen LogP contribution is -2.33. The average Bonchev–Trinajstić information content (AvgIpc) is 2.48. The van der Waals surface area contributed by atoms with Crippen LogP contribution in [0.1, 0.15) is 0 Å². The Morgan fingerprint density at radius 1 is 0.947 bits per heavy atom. The third-order valence-electron chi connectivity index (χ3n) is 3.07. The zero-order valence-corrected chi connectivity index (χ0v) is 11.5. The van der Waals surface area contributed by atoms with Gasteiger partial charge in [-0.05, 0) is 0 Å². The third kappa shape index (κ3) is 3.13. The van der Waals surface area contributed by atoms with Crippen LogP contribution in [-0.2, 0) is 4.57 Å². The summed E-state index contributed by atoms with van der Waals surface area (Å²) < 4.78 is 13.4. The van der Waals surface area contributed by atoms with Gasteiger partial charge in [0.2, 0.25) is 0 Å². The van der Waals surface area contributed by atoms with Gasteiger partial charge >= 0.3 is 0 Å². The molecule has 100 valence electrons. The summed E-state index contributed by atoms with van der Waals surface area (Å²) in [5.41, 5.74) is 5.81. The summed E-state index contributed by atoms with van der Waals surface area (Å²) in [7, 11) is -2.78. The maximum Gasteiger partial charge on any atom is 0.144 e. The van der Waals surface area contributed by atoms with Crippen molar-refractivity contribution in [3.8, 4) is 0 Å². The molecule has 2 aromatic carbocycles. The summed E-state index contributed by atoms with van der Waals surface area (Å²) in [5, 5.41) is 10.7. The molecule has 2 rings (SSSR count). The lowest BCUT2D eigenvalue weighted by Gasteiger charge is -2.22. The summed E-state index contributed by atoms with van der Waals surface area (Å²) in [6, 6.07) is 18.2. The fourth-order valence-corrected chi connectivity index (χ4v) is 4.89. The second-order valence-electron chi connectivity index (χ2n) is 4.54. The summed E-state index contributed by atoms with van der Waals surface area (Å²) in [5.74, 6) is 0. The minimum atomic E-state index is -2.78. The summed E-state index contributed by atoms with van der Waals surface area (Å²) in [6.07, 6.45) is 0.275. The van der Waals surface area contributed by atoms with Crippen molar-refractivity contribution in [2.75, 3.05) is 12.8 Å². The van der Waals surface area contributed by atoms with Crippen molar-refractivity contribution in [3.05, 3.63) is 60.7 Å². The zero-order valence-electron chi connectivity index (χ0n) is 10.6. The van der Waals surface area contributed by atoms with E-state index in [1.807, 2.05) is 60.7 Å². The topological polar surface area (TPSA) is 63.3 Å². The van der Waals surface area contributed by atoms with Crippen LogP contribution < -0.4 is 16.3 Å². The van der Waals surface area contributed by atoms with E-state index in [-0.39, 0.29) is 12.8 Å². The van der Waals surface area contributed by atoms with Gasteiger partial charge < -0.3 is 15.4 Å². The number of rotatable bonds is 5. The molecule has 0 saturated carbocycles. The van der Waals surface area contributed by atoms with Crippen LogP contribution in [0.4, 0.5) is 0 Å². The number of aliphatic hydroxyl groups is 1. The lowest BCUT2D eigenvalue weighted by molar-refractivity contribution is 0.274. The van der Waals surface area contributed by atoms with Gasteiger partial charge in [-0.3, -0.25) is 0 Å². The highest BCUT2D eigenvalue weighted by Crippen LogP contribution is 2.43. The maximum atomic E-state index is 13.4. The number of hydrogen-bond donors (Lipinski definition) is 2. The highest BCUT2D eigenvalue weighted by atomic mass is 31.2. The van der Waals surface area contributed by atoms with Crippen molar-refractivity contribution in [3.63, 3.8) is 0 Å². The summed E-state index contributed by atoms with van der Waals surface area (Å²) in [4.78, 5) is 0. The van der Waals surface area contributed by atoms with Gasteiger partial charge in [0.25, 0.3) is 0 Å². The maximum absolute atomic E-state index is 13.4. The van der Waals surface area contributed by atoms with Crippen molar-refractivity contribution in [2.45, 2.75) is 6.04 Å². The number of nitrogens with two attached hydrogens (primary N) is 1. The lowest BCUT2D eigenvalue weighted by atomic mass is 10.4. The number of benzene rings is 2. The molecule has 0 heterocycles. The molecular weight excluding hydrogens is 257 g/mol. The van der Waals surface area contributed by atoms with Crippen LogP contribution in [0.25, 0.3) is 0 Å². The van der Waals surface area contributed by atoms with Gasteiger partial charge in [0, 0.05) is 22.8 Å². The highest BCUT2D eigenvalue weighted by molar-refractivity contribution is 7.78. The van der Waals surface area contributed by atoms with E-state index < -0.39 is 13.2 Å². The van der Waals surface area contributed by atoms with E-state index in [2.05, 4.69) is 0 Å². The Labute approximate surface area is 113 Å². The predicted octanol–water partition coefficient (Wildman–Crippen LogP) is 1.32. The van der Waals surface area contributed by atoms with E-state index in [0.717, 1.165) is 10.6 Å². The molecule has 3 nitrogen and oxygen atoms in total. The first kappa shape index (κ1) is 14.0. The third-order valence-corrected chi connectivity index (χ3v) is 6.32. The molecule has 0 saturated heterocycles. The van der Waals surface area contributed by atoms with Gasteiger partial charge in [0.15, 0.2) is 0 Å². The minimum absolute atomic E-state index is 0.163. The molecule has 0 aliphatic carbocycles.